The van der Waals surface area contributed by atoms with E-state index in [2.05, 4.69) is 15.9 Å². The summed E-state index contributed by atoms with van der Waals surface area (Å²) in [5.74, 6) is -0.125. The maximum absolute atomic E-state index is 12.7. The summed E-state index contributed by atoms with van der Waals surface area (Å²) >= 11 is 16.3. The number of carbonyl (C=O) groups is 1. The lowest BCUT2D eigenvalue weighted by molar-refractivity contribution is -0.113. The monoisotopic (exact) mass is 423 g/mol. The zero-order valence-electron chi connectivity index (χ0n) is 12.0. The molecule has 1 aliphatic rings. The number of benzene rings is 2. The van der Waals surface area contributed by atoms with Crippen LogP contribution in [0.25, 0.3) is 6.08 Å². The van der Waals surface area contributed by atoms with Crippen molar-refractivity contribution < 1.29 is 4.79 Å². The molecule has 1 amide bonds. The number of carbonyl (C=O) groups excluding carboxylic acids is 1. The van der Waals surface area contributed by atoms with Crippen LogP contribution in [0.4, 0.5) is 5.69 Å². The highest BCUT2D eigenvalue weighted by atomic mass is 79.9. The molecule has 6 heteroatoms. The Morgan fingerprint density at radius 2 is 2.04 bits per heavy atom. The van der Waals surface area contributed by atoms with Gasteiger partial charge in [0, 0.05) is 9.50 Å². The molecule has 0 aliphatic carbocycles. The summed E-state index contributed by atoms with van der Waals surface area (Å²) in [5, 5.41) is 0.618. The van der Waals surface area contributed by atoms with Crippen molar-refractivity contribution >= 4 is 73.5 Å². The van der Waals surface area contributed by atoms with E-state index in [0.717, 1.165) is 15.6 Å². The lowest BCUT2D eigenvalue weighted by Crippen LogP contribution is -2.27. The van der Waals surface area contributed by atoms with Crippen LogP contribution < -0.4 is 4.90 Å². The summed E-state index contributed by atoms with van der Waals surface area (Å²) in [6, 6.07) is 13.3. The van der Waals surface area contributed by atoms with Gasteiger partial charge < -0.3 is 0 Å². The maximum atomic E-state index is 12.7. The van der Waals surface area contributed by atoms with Gasteiger partial charge in [-0.3, -0.25) is 9.69 Å². The van der Waals surface area contributed by atoms with Crippen molar-refractivity contribution in [3.8, 4) is 0 Å². The highest BCUT2D eigenvalue weighted by molar-refractivity contribution is 9.10. The highest BCUT2D eigenvalue weighted by Gasteiger charge is 2.33. The number of rotatable bonds is 2. The number of nitrogens with zero attached hydrogens (tertiary/aromatic N) is 1. The molecule has 2 nitrogen and oxygen atoms in total. The second-order valence-corrected chi connectivity index (χ2v) is 8.00. The minimum absolute atomic E-state index is 0.125. The van der Waals surface area contributed by atoms with Gasteiger partial charge in [0.15, 0.2) is 4.32 Å². The Hall–Kier alpha value is -1.14. The van der Waals surface area contributed by atoms with Crippen LogP contribution >= 0.6 is 51.5 Å². The number of thioether (sulfide) groups is 1. The van der Waals surface area contributed by atoms with Crippen molar-refractivity contribution in [2.45, 2.75) is 6.92 Å². The van der Waals surface area contributed by atoms with E-state index in [9.17, 15) is 4.79 Å². The zero-order valence-corrected chi connectivity index (χ0v) is 16.0. The number of aryl methyl sites for hydroxylation is 1. The predicted octanol–water partition coefficient (Wildman–Crippen LogP) is 5.82. The molecule has 116 valence electrons. The maximum Gasteiger partial charge on any atom is 0.270 e. The number of amides is 1. The fraction of sp³-hybridized carbons (Fsp3) is 0.0588. The van der Waals surface area contributed by atoms with E-state index in [1.807, 2.05) is 49.4 Å². The predicted molar refractivity (Wildman–Crippen MR) is 106 cm³/mol. The van der Waals surface area contributed by atoms with Gasteiger partial charge in [-0.25, -0.2) is 0 Å². The molecule has 2 aromatic carbocycles. The fourth-order valence-electron chi connectivity index (χ4n) is 2.16. The summed E-state index contributed by atoms with van der Waals surface area (Å²) in [6.07, 6.45) is 1.85. The first-order chi connectivity index (χ1) is 11.0. The van der Waals surface area contributed by atoms with Crippen LogP contribution in [0, 0.1) is 6.92 Å². The number of hydrogen-bond donors (Lipinski definition) is 0. The third-order valence-corrected chi connectivity index (χ3v) is 5.56. The molecule has 1 saturated heterocycles. The van der Waals surface area contributed by atoms with Gasteiger partial charge in [-0.2, -0.15) is 0 Å². The molecule has 1 fully saturated rings. The second-order valence-electron chi connectivity index (χ2n) is 5.01. The number of thiocarbonyl (C=S) groups is 1. The minimum Gasteiger partial charge on any atom is -0.268 e. The topological polar surface area (TPSA) is 20.3 Å². The van der Waals surface area contributed by atoms with Gasteiger partial charge in [0.25, 0.3) is 5.91 Å². The van der Waals surface area contributed by atoms with Crippen LogP contribution in [0.1, 0.15) is 11.1 Å². The number of halogens is 2. The normalized spacial score (nSPS) is 16.5. The SMILES string of the molecule is Cc1ccc(N2C(=O)/C(=C/c3cccc(Br)c3)SC2=S)cc1Cl. The third-order valence-electron chi connectivity index (χ3n) is 3.35. The molecule has 2 aromatic rings. The smallest absolute Gasteiger partial charge is 0.268 e. The Morgan fingerprint density at radius 3 is 2.74 bits per heavy atom. The summed E-state index contributed by atoms with van der Waals surface area (Å²) in [4.78, 5) is 14.8. The van der Waals surface area contributed by atoms with E-state index in [-0.39, 0.29) is 5.91 Å². The van der Waals surface area contributed by atoms with Crippen LogP contribution in [0.3, 0.4) is 0 Å². The zero-order chi connectivity index (χ0) is 16.6. The molecule has 0 N–H and O–H groups in total. The molecular formula is C17H11BrClNOS2. The van der Waals surface area contributed by atoms with Crippen LogP contribution in [0.15, 0.2) is 51.8 Å². The van der Waals surface area contributed by atoms with Crippen LogP contribution in [0.5, 0.6) is 0 Å². The standard InChI is InChI=1S/C17H11BrClNOS2/c1-10-5-6-13(9-14(10)19)20-16(21)15(23-17(20)22)8-11-3-2-4-12(18)7-11/h2-9H,1H3/b15-8-. The van der Waals surface area contributed by atoms with E-state index in [0.29, 0.717) is 19.9 Å². The largest absolute Gasteiger partial charge is 0.270 e. The minimum atomic E-state index is -0.125. The van der Waals surface area contributed by atoms with Gasteiger partial charge in [-0.05, 0) is 48.4 Å². The Kier molecular flexibility index (Phi) is 4.92. The molecule has 0 saturated carbocycles. The average Bonchev–Trinajstić information content (AvgIpc) is 2.77. The van der Waals surface area contributed by atoms with E-state index in [1.54, 1.807) is 6.07 Å². The molecule has 0 spiro atoms. The summed E-state index contributed by atoms with van der Waals surface area (Å²) in [7, 11) is 0. The Bertz CT molecular complexity index is 850. The fourth-order valence-corrected chi connectivity index (χ4v) is 4.05. The molecule has 3 rings (SSSR count). The van der Waals surface area contributed by atoms with Crippen molar-refractivity contribution in [3.05, 3.63) is 68.0 Å². The van der Waals surface area contributed by atoms with Crippen molar-refractivity contribution in [2.75, 3.05) is 4.90 Å². The van der Waals surface area contributed by atoms with Crippen LogP contribution in [-0.4, -0.2) is 10.2 Å². The lowest BCUT2D eigenvalue weighted by Gasteiger charge is -2.15. The van der Waals surface area contributed by atoms with Crippen molar-refractivity contribution in [3.63, 3.8) is 0 Å². The van der Waals surface area contributed by atoms with Crippen molar-refractivity contribution in [1.29, 1.82) is 0 Å². The Morgan fingerprint density at radius 1 is 1.26 bits per heavy atom. The second kappa shape index (κ2) is 6.77. The molecular weight excluding hydrogens is 414 g/mol. The highest BCUT2D eigenvalue weighted by Crippen LogP contribution is 2.37. The van der Waals surface area contributed by atoms with E-state index < -0.39 is 0 Å². The van der Waals surface area contributed by atoms with Crippen LogP contribution in [-0.2, 0) is 4.79 Å². The molecule has 1 aliphatic heterocycles. The van der Waals surface area contributed by atoms with Gasteiger partial charge >= 0.3 is 0 Å². The molecule has 1 heterocycles. The number of hydrogen-bond acceptors (Lipinski definition) is 3. The van der Waals surface area contributed by atoms with E-state index >= 15 is 0 Å². The molecule has 0 radical (unpaired) electrons. The first kappa shape index (κ1) is 16.7. The molecule has 0 atom stereocenters. The Labute approximate surface area is 157 Å². The van der Waals surface area contributed by atoms with E-state index in [1.165, 1.54) is 16.7 Å². The molecule has 0 aromatic heterocycles. The van der Waals surface area contributed by atoms with Crippen LogP contribution in [0.2, 0.25) is 5.02 Å². The summed E-state index contributed by atoms with van der Waals surface area (Å²) in [6.45, 7) is 1.92. The molecule has 0 unspecified atom stereocenters. The Balaban J connectivity index is 1.95. The first-order valence-corrected chi connectivity index (χ1v) is 9.15. The van der Waals surface area contributed by atoms with Gasteiger partial charge in [-0.15, -0.1) is 0 Å². The van der Waals surface area contributed by atoms with Gasteiger partial charge in [0.1, 0.15) is 0 Å². The lowest BCUT2D eigenvalue weighted by atomic mass is 10.2. The summed E-state index contributed by atoms with van der Waals surface area (Å²) in [5.41, 5.74) is 2.60. The van der Waals surface area contributed by atoms with Crippen molar-refractivity contribution in [1.82, 2.24) is 0 Å². The van der Waals surface area contributed by atoms with Crippen molar-refractivity contribution in [2.24, 2.45) is 0 Å². The van der Waals surface area contributed by atoms with Gasteiger partial charge in [-0.1, -0.05) is 69.7 Å². The average molecular weight is 425 g/mol. The quantitative estimate of drug-likeness (QED) is 0.448. The third kappa shape index (κ3) is 3.53. The molecule has 23 heavy (non-hydrogen) atoms. The van der Waals surface area contributed by atoms with E-state index in [4.69, 9.17) is 23.8 Å². The van der Waals surface area contributed by atoms with Gasteiger partial charge in [0.05, 0.1) is 10.6 Å². The first-order valence-electron chi connectivity index (χ1n) is 6.75. The number of anilines is 1. The molecule has 0 bridgehead atoms. The summed E-state index contributed by atoms with van der Waals surface area (Å²) < 4.78 is 1.48. The van der Waals surface area contributed by atoms with Gasteiger partial charge in [0.2, 0.25) is 0 Å².